The number of hydrogen-bond donors (Lipinski definition) is 2. The lowest BCUT2D eigenvalue weighted by molar-refractivity contribution is -0.908. The number of carbonyl (C=O) groups is 1. The first-order valence-electron chi connectivity index (χ1n) is 8.83. The van der Waals surface area contributed by atoms with Crippen LogP contribution >= 0.6 is 0 Å². The monoisotopic (exact) mass is 349 g/mol. The number of likely N-dealkylation sites (N-methyl/N-ethyl adjacent to an activating group) is 2. The van der Waals surface area contributed by atoms with Crippen molar-refractivity contribution in [2.45, 2.75) is 19.5 Å². The number of hydrogen-bond acceptors (Lipinski definition) is 2. The first-order chi connectivity index (χ1) is 12.6. The van der Waals surface area contributed by atoms with E-state index >= 15 is 0 Å². The number of carbonyl (C=O) groups excluding carboxylic acids is 1. The van der Waals surface area contributed by atoms with Gasteiger partial charge < -0.3 is 10.2 Å². The third-order valence-electron chi connectivity index (χ3n) is 4.71. The maximum absolute atomic E-state index is 12.0. The Morgan fingerprint density at radius 3 is 2.35 bits per heavy atom. The van der Waals surface area contributed by atoms with Gasteiger partial charge in [0.1, 0.15) is 12.2 Å². The zero-order valence-corrected chi connectivity index (χ0v) is 15.4. The van der Waals surface area contributed by atoms with E-state index in [1.54, 1.807) is 7.05 Å². The van der Waals surface area contributed by atoms with Crippen LogP contribution in [0.5, 0.6) is 0 Å². The summed E-state index contributed by atoms with van der Waals surface area (Å²) in [6.45, 7) is 2.66. The molecule has 0 saturated carbocycles. The van der Waals surface area contributed by atoms with Crippen molar-refractivity contribution in [2.75, 3.05) is 14.1 Å². The van der Waals surface area contributed by atoms with E-state index in [9.17, 15) is 4.79 Å². The van der Waals surface area contributed by atoms with Gasteiger partial charge in [-0.3, -0.25) is 4.79 Å². The second-order valence-corrected chi connectivity index (χ2v) is 6.51. The largest absolute Gasteiger partial charge is 0.354 e. The van der Waals surface area contributed by atoms with Crippen molar-refractivity contribution in [3.8, 4) is 16.9 Å². The van der Waals surface area contributed by atoms with Crippen molar-refractivity contribution in [2.24, 2.45) is 0 Å². The Balaban J connectivity index is 1.97. The number of quaternary nitrogens is 1. The summed E-state index contributed by atoms with van der Waals surface area (Å²) in [6, 6.07) is 20.1. The summed E-state index contributed by atoms with van der Waals surface area (Å²) in [5.74, 6) is 0.0409. The van der Waals surface area contributed by atoms with E-state index < -0.39 is 0 Å². The van der Waals surface area contributed by atoms with Crippen molar-refractivity contribution in [3.05, 3.63) is 72.4 Å². The third kappa shape index (κ3) is 3.83. The second kappa shape index (κ2) is 7.97. The molecule has 2 aromatic carbocycles. The maximum atomic E-state index is 12.0. The van der Waals surface area contributed by atoms with Crippen molar-refractivity contribution < 1.29 is 9.69 Å². The number of nitrogens with zero attached hydrogens (tertiary/aromatic N) is 2. The number of rotatable bonds is 6. The van der Waals surface area contributed by atoms with Gasteiger partial charge in [-0.1, -0.05) is 48.5 Å². The highest BCUT2D eigenvalue weighted by Gasteiger charge is 2.23. The van der Waals surface area contributed by atoms with E-state index in [1.165, 1.54) is 0 Å². The van der Waals surface area contributed by atoms with Gasteiger partial charge in [0.2, 0.25) is 0 Å². The number of benzene rings is 2. The van der Waals surface area contributed by atoms with Crippen LogP contribution in [-0.4, -0.2) is 35.8 Å². The summed E-state index contributed by atoms with van der Waals surface area (Å²) in [4.78, 5) is 13.1. The first-order valence-corrected chi connectivity index (χ1v) is 8.83. The topological polar surface area (TPSA) is 51.4 Å². The Hall–Kier alpha value is -2.92. The minimum absolute atomic E-state index is 0.0409. The van der Waals surface area contributed by atoms with E-state index in [4.69, 9.17) is 5.10 Å². The standard InChI is InChI=1S/C21H24N4O/c1-16(21(26)22-2)24(3)14-18-15-25(19-12-8-5-9-13-19)23-20(18)17-10-6-4-7-11-17/h4-13,15-16H,14H2,1-3H3,(H,22,26)/p+1/t16-/m1/s1. The van der Waals surface area contributed by atoms with E-state index in [2.05, 4.69) is 23.6 Å². The zero-order chi connectivity index (χ0) is 18.5. The molecular formula is C21H25N4O+. The molecular weight excluding hydrogens is 324 g/mol. The molecule has 5 heteroatoms. The molecule has 3 rings (SSSR count). The smallest absolute Gasteiger partial charge is 0.277 e. The lowest BCUT2D eigenvalue weighted by atomic mass is 10.1. The van der Waals surface area contributed by atoms with Crippen LogP contribution in [0.4, 0.5) is 0 Å². The van der Waals surface area contributed by atoms with Gasteiger partial charge in [-0.25, -0.2) is 4.68 Å². The molecule has 3 aromatic rings. The Kier molecular flexibility index (Phi) is 5.49. The van der Waals surface area contributed by atoms with Crippen LogP contribution in [-0.2, 0) is 11.3 Å². The summed E-state index contributed by atoms with van der Waals surface area (Å²) in [5.41, 5.74) is 4.18. The molecule has 0 aliphatic heterocycles. The highest BCUT2D eigenvalue weighted by molar-refractivity contribution is 5.79. The average molecular weight is 349 g/mol. The molecule has 2 atom stereocenters. The molecule has 0 bridgehead atoms. The summed E-state index contributed by atoms with van der Waals surface area (Å²) < 4.78 is 1.91. The van der Waals surface area contributed by atoms with Gasteiger partial charge in [0.05, 0.1) is 18.3 Å². The molecule has 0 aliphatic carbocycles. The van der Waals surface area contributed by atoms with Gasteiger partial charge in [0, 0.05) is 18.8 Å². The number of aromatic nitrogens is 2. The second-order valence-electron chi connectivity index (χ2n) is 6.51. The lowest BCUT2D eigenvalue weighted by Crippen LogP contribution is -3.12. The summed E-state index contributed by atoms with van der Waals surface area (Å²) in [6.07, 6.45) is 2.07. The Morgan fingerprint density at radius 2 is 1.73 bits per heavy atom. The quantitative estimate of drug-likeness (QED) is 0.712. The highest BCUT2D eigenvalue weighted by Crippen LogP contribution is 2.23. The molecule has 1 amide bonds. The molecule has 5 nitrogen and oxygen atoms in total. The minimum atomic E-state index is -0.135. The van der Waals surface area contributed by atoms with Crippen LogP contribution in [0.2, 0.25) is 0 Å². The molecule has 1 heterocycles. The van der Waals surface area contributed by atoms with Gasteiger partial charge in [0.25, 0.3) is 5.91 Å². The van der Waals surface area contributed by atoms with E-state index in [0.717, 1.165) is 27.4 Å². The normalized spacial score (nSPS) is 13.2. The molecule has 0 spiro atoms. The Labute approximate surface area is 154 Å². The van der Waals surface area contributed by atoms with Gasteiger partial charge in [-0.15, -0.1) is 0 Å². The molecule has 0 aliphatic rings. The first kappa shape index (κ1) is 17.9. The van der Waals surface area contributed by atoms with Gasteiger partial charge in [-0.2, -0.15) is 5.10 Å². The van der Waals surface area contributed by atoms with Gasteiger partial charge in [0.15, 0.2) is 6.04 Å². The van der Waals surface area contributed by atoms with Crippen molar-refractivity contribution in [1.29, 1.82) is 0 Å². The fourth-order valence-corrected chi connectivity index (χ4v) is 2.98. The molecule has 134 valence electrons. The number of para-hydroxylation sites is 1. The van der Waals surface area contributed by atoms with E-state index in [1.807, 2.05) is 67.2 Å². The number of amides is 1. The molecule has 1 unspecified atom stereocenters. The van der Waals surface area contributed by atoms with E-state index in [0.29, 0.717) is 6.54 Å². The fourth-order valence-electron chi connectivity index (χ4n) is 2.98. The van der Waals surface area contributed by atoms with Crippen molar-refractivity contribution in [1.82, 2.24) is 15.1 Å². The SMILES string of the molecule is CNC(=O)[C@@H](C)[NH+](C)Cc1cn(-c2ccccc2)nc1-c1ccccc1. The minimum Gasteiger partial charge on any atom is -0.354 e. The highest BCUT2D eigenvalue weighted by atomic mass is 16.2. The summed E-state index contributed by atoms with van der Waals surface area (Å²) >= 11 is 0. The molecule has 0 fully saturated rings. The zero-order valence-electron chi connectivity index (χ0n) is 15.4. The molecule has 1 aromatic heterocycles. The molecule has 2 N–H and O–H groups in total. The van der Waals surface area contributed by atoms with E-state index in [-0.39, 0.29) is 11.9 Å². The van der Waals surface area contributed by atoms with Crippen LogP contribution in [0, 0.1) is 0 Å². The van der Waals surface area contributed by atoms with Crippen LogP contribution in [0.3, 0.4) is 0 Å². The summed E-state index contributed by atoms with van der Waals surface area (Å²) in [7, 11) is 3.71. The van der Waals surface area contributed by atoms with Crippen LogP contribution < -0.4 is 10.2 Å². The van der Waals surface area contributed by atoms with Crippen LogP contribution in [0.15, 0.2) is 66.9 Å². The third-order valence-corrected chi connectivity index (χ3v) is 4.71. The van der Waals surface area contributed by atoms with Crippen molar-refractivity contribution in [3.63, 3.8) is 0 Å². The fraction of sp³-hybridized carbons (Fsp3) is 0.238. The van der Waals surface area contributed by atoms with Gasteiger partial charge in [-0.05, 0) is 19.1 Å². The Bertz CT molecular complexity index is 858. The molecule has 0 saturated heterocycles. The molecule has 0 radical (unpaired) electrons. The molecule has 26 heavy (non-hydrogen) atoms. The number of nitrogens with one attached hydrogen (secondary N) is 2. The average Bonchev–Trinajstić information content (AvgIpc) is 3.11. The maximum Gasteiger partial charge on any atom is 0.277 e. The van der Waals surface area contributed by atoms with Crippen LogP contribution in [0.25, 0.3) is 16.9 Å². The predicted molar refractivity (Wildman–Crippen MR) is 103 cm³/mol. The predicted octanol–water partition coefficient (Wildman–Crippen LogP) is 1.69. The Morgan fingerprint density at radius 1 is 1.12 bits per heavy atom. The van der Waals surface area contributed by atoms with Gasteiger partial charge >= 0.3 is 0 Å². The lowest BCUT2D eigenvalue weighted by Gasteiger charge is -2.20. The summed E-state index contributed by atoms with van der Waals surface area (Å²) in [5, 5.41) is 7.56. The van der Waals surface area contributed by atoms with Crippen molar-refractivity contribution >= 4 is 5.91 Å². The van der Waals surface area contributed by atoms with Crippen LogP contribution in [0.1, 0.15) is 12.5 Å².